The molecule has 0 aliphatic heterocycles. The molecule has 3 N–H and O–H groups in total. The van der Waals surface area contributed by atoms with Crippen molar-refractivity contribution in [3.8, 4) is 5.75 Å². The number of anilines is 1. The number of ether oxygens (including phenoxy) is 1. The fourth-order valence-electron chi connectivity index (χ4n) is 1.63. The smallest absolute Gasteiger partial charge is 0.339 e. The Morgan fingerprint density at radius 2 is 2.05 bits per heavy atom. The van der Waals surface area contributed by atoms with Crippen LogP contribution in [0.1, 0.15) is 15.9 Å². The van der Waals surface area contributed by atoms with Gasteiger partial charge >= 0.3 is 5.97 Å². The number of halogens is 2. The molecule has 0 saturated carbocycles. The monoisotopic (exact) mass is 295 g/mol. The van der Waals surface area contributed by atoms with E-state index >= 15 is 0 Å². The first-order valence-electron chi connectivity index (χ1n) is 5.67. The van der Waals surface area contributed by atoms with Gasteiger partial charge in [0.05, 0.1) is 5.02 Å². The zero-order valence-corrected chi connectivity index (χ0v) is 11.0. The summed E-state index contributed by atoms with van der Waals surface area (Å²) in [5.74, 6) is -1.53. The van der Waals surface area contributed by atoms with E-state index < -0.39 is 11.8 Å². The fourth-order valence-corrected chi connectivity index (χ4v) is 1.75. The van der Waals surface area contributed by atoms with Crippen molar-refractivity contribution in [2.75, 3.05) is 5.73 Å². The molecule has 0 bridgehead atoms. The lowest BCUT2D eigenvalue weighted by Crippen LogP contribution is -2.04. The molecule has 2 aromatic carbocycles. The molecular formula is C14H11ClFNO3. The van der Waals surface area contributed by atoms with Gasteiger partial charge in [0.15, 0.2) is 0 Å². The minimum atomic E-state index is -1.14. The van der Waals surface area contributed by atoms with Gasteiger partial charge in [-0.25, -0.2) is 9.18 Å². The summed E-state index contributed by atoms with van der Waals surface area (Å²) < 4.78 is 18.7. The van der Waals surface area contributed by atoms with Gasteiger partial charge in [0.25, 0.3) is 0 Å². The van der Waals surface area contributed by atoms with Crippen LogP contribution in [-0.2, 0) is 6.61 Å². The maximum atomic E-state index is 13.3. The molecule has 0 aromatic heterocycles. The second-order valence-electron chi connectivity index (χ2n) is 4.10. The molecule has 0 saturated heterocycles. The summed E-state index contributed by atoms with van der Waals surface area (Å²) >= 11 is 5.57. The van der Waals surface area contributed by atoms with Gasteiger partial charge in [0, 0.05) is 5.69 Å². The molecule has 0 amide bonds. The van der Waals surface area contributed by atoms with Gasteiger partial charge < -0.3 is 15.6 Å². The molecule has 0 unspecified atom stereocenters. The first kappa shape index (κ1) is 14.1. The van der Waals surface area contributed by atoms with Gasteiger partial charge in [-0.15, -0.1) is 0 Å². The first-order valence-corrected chi connectivity index (χ1v) is 6.04. The summed E-state index contributed by atoms with van der Waals surface area (Å²) in [6.07, 6.45) is 0. The van der Waals surface area contributed by atoms with Crippen LogP contribution in [0.15, 0.2) is 36.4 Å². The van der Waals surface area contributed by atoms with Gasteiger partial charge in [-0.3, -0.25) is 0 Å². The molecule has 20 heavy (non-hydrogen) atoms. The van der Waals surface area contributed by atoms with Crippen molar-refractivity contribution in [3.63, 3.8) is 0 Å². The SMILES string of the molecule is Nc1ccc(OCc2ccc(Cl)c(F)c2)c(C(=O)O)c1. The number of carbonyl (C=O) groups is 1. The minimum absolute atomic E-state index is 0.0208. The number of carboxylic acids is 1. The van der Waals surface area contributed by atoms with Gasteiger partial charge in [-0.05, 0) is 35.9 Å². The zero-order chi connectivity index (χ0) is 14.7. The molecule has 6 heteroatoms. The van der Waals surface area contributed by atoms with Crippen LogP contribution in [0.2, 0.25) is 5.02 Å². The Morgan fingerprint density at radius 3 is 2.70 bits per heavy atom. The molecular weight excluding hydrogens is 285 g/mol. The van der Waals surface area contributed by atoms with Crippen molar-refractivity contribution >= 4 is 23.3 Å². The summed E-state index contributed by atoms with van der Waals surface area (Å²) in [4.78, 5) is 11.1. The van der Waals surface area contributed by atoms with Crippen molar-refractivity contribution in [1.29, 1.82) is 0 Å². The highest BCUT2D eigenvalue weighted by molar-refractivity contribution is 6.30. The Morgan fingerprint density at radius 1 is 1.30 bits per heavy atom. The number of hydrogen-bond acceptors (Lipinski definition) is 3. The van der Waals surface area contributed by atoms with E-state index in [-0.39, 0.29) is 22.9 Å². The van der Waals surface area contributed by atoms with Gasteiger partial charge in [0.2, 0.25) is 0 Å². The van der Waals surface area contributed by atoms with Gasteiger partial charge in [-0.1, -0.05) is 17.7 Å². The third-order valence-electron chi connectivity index (χ3n) is 2.61. The van der Waals surface area contributed by atoms with E-state index in [1.165, 1.54) is 30.3 Å². The van der Waals surface area contributed by atoms with Crippen LogP contribution in [0.25, 0.3) is 0 Å². The fraction of sp³-hybridized carbons (Fsp3) is 0.0714. The maximum absolute atomic E-state index is 13.3. The summed E-state index contributed by atoms with van der Waals surface area (Å²) in [6, 6.07) is 8.55. The first-order chi connectivity index (χ1) is 9.47. The maximum Gasteiger partial charge on any atom is 0.339 e. The van der Waals surface area contributed by atoms with E-state index in [1.807, 2.05) is 0 Å². The molecule has 2 aromatic rings. The number of nitrogen functional groups attached to an aromatic ring is 1. The summed E-state index contributed by atoms with van der Waals surface area (Å²) in [5.41, 5.74) is 6.35. The van der Waals surface area contributed by atoms with Crippen LogP contribution >= 0.6 is 11.6 Å². The Bertz CT molecular complexity index is 661. The quantitative estimate of drug-likeness (QED) is 0.849. The summed E-state index contributed by atoms with van der Waals surface area (Å²) in [6.45, 7) is 0.0261. The highest BCUT2D eigenvalue weighted by atomic mass is 35.5. The van der Waals surface area contributed by atoms with E-state index in [1.54, 1.807) is 6.07 Å². The number of rotatable bonds is 4. The lowest BCUT2D eigenvalue weighted by atomic mass is 10.2. The number of carboxylic acid groups (broad SMARTS) is 1. The number of nitrogens with two attached hydrogens (primary N) is 1. The van der Waals surface area contributed by atoms with Crippen LogP contribution in [0, 0.1) is 5.82 Å². The zero-order valence-electron chi connectivity index (χ0n) is 10.3. The van der Waals surface area contributed by atoms with Crippen molar-refractivity contribution in [2.24, 2.45) is 0 Å². The molecule has 0 atom stereocenters. The molecule has 4 nitrogen and oxygen atoms in total. The molecule has 0 fully saturated rings. The van der Waals surface area contributed by atoms with Crippen molar-refractivity contribution in [2.45, 2.75) is 6.61 Å². The molecule has 104 valence electrons. The third kappa shape index (κ3) is 3.19. The second kappa shape index (κ2) is 5.79. The van der Waals surface area contributed by atoms with E-state index in [2.05, 4.69) is 0 Å². The molecule has 0 aliphatic carbocycles. The Hall–Kier alpha value is -2.27. The molecule has 0 spiro atoms. The van der Waals surface area contributed by atoms with Crippen molar-refractivity contribution in [3.05, 3.63) is 58.4 Å². The average molecular weight is 296 g/mol. The van der Waals surface area contributed by atoms with Gasteiger partial charge in [0.1, 0.15) is 23.7 Å². The molecule has 0 radical (unpaired) electrons. The molecule has 2 rings (SSSR count). The molecule has 0 heterocycles. The van der Waals surface area contributed by atoms with Crippen LogP contribution in [0.5, 0.6) is 5.75 Å². The largest absolute Gasteiger partial charge is 0.488 e. The number of hydrogen-bond donors (Lipinski definition) is 2. The van der Waals surface area contributed by atoms with E-state index in [0.29, 0.717) is 11.3 Å². The summed E-state index contributed by atoms with van der Waals surface area (Å²) in [5, 5.41) is 9.08. The van der Waals surface area contributed by atoms with Crippen molar-refractivity contribution in [1.82, 2.24) is 0 Å². The average Bonchev–Trinajstić information content (AvgIpc) is 2.41. The predicted octanol–water partition coefficient (Wildman–Crippen LogP) is 3.34. The van der Waals surface area contributed by atoms with Crippen LogP contribution < -0.4 is 10.5 Å². The van der Waals surface area contributed by atoms with Crippen molar-refractivity contribution < 1.29 is 19.0 Å². The van der Waals surface area contributed by atoms with Crippen LogP contribution in [-0.4, -0.2) is 11.1 Å². The van der Waals surface area contributed by atoms with Crippen LogP contribution in [0.4, 0.5) is 10.1 Å². The normalized spacial score (nSPS) is 10.3. The van der Waals surface area contributed by atoms with Gasteiger partial charge in [-0.2, -0.15) is 0 Å². The highest BCUT2D eigenvalue weighted by Crippen LogP contribution is 2.23. The number of benzene rings is 2. The van der Waals surface area contributed by atoms with E-state index in [9.17, 15) is 9.18 Å². The third-order valence-corrected chi connectivity index (χ3v) is 2.92. The lowest BCUT2D eigenvalue weighted by molar-refractivity contribution is 0.0692. The molecule has 0 aliphatic rings. The topological polar surface area (TPSA) is 72.5 Å². The van der Waals surface area contributed by atoms with E-state index in [4.69, 9.17) is 27.2 Å². The number of aromatic carboxylic acids is 1. The minimum Gasteiger partial charge on any atom is -0.488 e. The standard InChI is InChI=1S/C14H11ClFNO3/c15-11-3-1-8(5-12(11)16)7-20-13-4-2-9(17)6-10(13)14(18)19/h1-6H,7,17H2,(H,18,19). The second-order valence-corrected chi connectivity index (χ2v) is 4.51. The highest BCUT2D eigenvalue weighted by Gasteiger charge is 2.12. The summed E-state index contributed by atoms with van der Waals surface area (Å²) in [7, 11) is 0. The Balaban J connectivity index is 2.18. The van der Waals surface area contributed by atoms with E-state index in [0.717, 1.165) is 0 Å². The lowest BCUT2D eigenvalue weighted by Gasteiger charge is -2.10. The Kier molecular flexibility index (Phi) is 4.10. The predicted molar refractivity (Wildman–Crippen MR) is 73.6 cm³/mol. The Labute approximate surface area is 119 Å². The van der Waals surface area contributed by atoms with Crippen LogP contribution in [0.3, 0.4) is 0 Å².